The van der Waals surface area contributed by atoms with Crippen LogP contribution in [0.25, 0.3) is 0 Å². The molecule has 0 unspecified atom stereocenters. The van der Waals surface area contributed by atoms with Gasteiger partial charge in [-0.2, -0.15) is 13.2 Å². The van der Waals surface area contributed by atoms with Gasteiger partial charge in [-0.15, -0.1) is 0 Å². The largest absolute Gasteiger partial charge is 0.416 e. The van der Waals surface area contributed by atoms with E-state index in [0.29, 0.717) is 13.1 Å². The van der Waals surface area contributed by atoms with Crippen LogP contribution in [0.5, 0.6) is 0 Å². The van der Waals surface area contributed by atoms with Crippen molar-refractivity contribution < 1.29 is 26.4 Å². The number of carbonyl (C=O) groups excluding carboxylic acids is 1. The summed E-state index contributed by atoms with van der Waals surface area (Å²) in [7, 11) is -4.17. The van der Waals surface area contributed by atoms with Crippen molar-refractivity contribution in [3.63, 3.8) is 0 Å². The summed E-state index contributed by atoms with van der Waals surface area (Å²) in [6.07, 6.45) is -3.06. The molecule has 5 nitrogen and oxygen atoms in total. The number of hydrogen-bond acceptors (Lipinski definition) is 3. The molecule has 0 aliphatic carbocycles. The van der Waals surface area contributed by atoms with E-state index in [2.05, 4.69) is 4.72 Å². The summed E-state index contributed by atoms with van der Waals surface area (Å²) in [5.41, 5.74) is -0.967. The van der Waals surface area contributed by atoms with E-state index < -0.39 is 21.8 Å². The Morgan fingerprint density at radius 1 is 1.00 bits per heavy atom. The van der Waals surface area contributed by atoms with Gasteiger partial charge in [0.1, 0.15) is 0 Å². The Balaban J connectivity index is 2.30. The van der Waals surface area contributed by atoms with Gasteiger partial charge in [-0.05, 0) is 49.2 Å². The predicted octanol–water partition coefficient (Wildman–Crippen LogP) is 4.77. The van der Waals surface area contributed by atoms with Crippen molar-refractivity contribution in [1.29, 1.82) is 0 Å². The molecule has 0 saturated heterocycles. The van der Waals surface area contributed by atoms with Crippen molar-refractivity contribution in [2.45, 2.75) is 37.8 Å². The smallest absolute Gasteiger partial charge is 0.339 e. The van der Waals surface area contributed by atoms with E-state index >= 15 is 0 Å². The molecule has 0 heterocycles. The molecular weight excluding hydrogens is 405 g/mol. The summed E-state index contributed by atoms with van der Waals surface area (Å²) in [5, 5.41) is 0. The fraction of sp³-hybridized carbons (Fsp3) is 0.350. The van der Waals surface area contributed by atoms with Gasteiger partial charge in [0.15, 0.2) is 0 Å². The van der Waals surface area contributed by atoms with Crippen LogP contribution in [0.15, 0.2) is 53.4 Å². The molecule has 0 atom stereocenters. The number of carbonyl (C=O) groups is 1. The Bertz CT molecular complexity index is 953. The molecule has 1 N–H and O–H groups in total. The number of nitrogens with one attached hydrogen (secondary N) is 1. The second-order valence-electron chi connectivity index (χ2n) is 6.50. The topological polar surface area (TPSA) is 66.5 Å². The molecule has 2 rings (SSSR count). The monoisotopic (exact) mass is 428 g/mol. The maximum atomic E-state index is 12.8. The minimum absolute atomic E-state index is 0.200. The molecule has 0 aliphatic rings. The molecule has 29 heavy (non-hydrogen) atoms. The Hall–Kier alpha value is -2.55. The number of anilines is 1. The number of amides is 1. The second-order valence-corrected chi connectivity index (χ2v) is 8.19. The average Bonchev–Trinajstić information content (AvgIpc) is 2.66. The number of sulfonamides is 1. The van der Waals surface area contributed by atoms with Crippen molar-refractivity contribution in [3.8, 4) is 0 Å². The van der Waals surface area contributed by atoms with Crippen molar-refractivity contribution in [1.82, 2.24) is 4.90 Å². The Morgan fingerprint density at radius 2 is 1.62 bits per heavy atom. The lowest BCUT2D eigenvalue weighted by Crippen LogP contribution is -2.32. The van der Waals surface area contributed by atoms with Crippen molar-refractivity contribution in [2.75, 3.05) is 17.8 Å². The van der Waals surface area contributed by atoms with E-state index in [-0.39, 0.29) is 22.1 Å². The molecule has 0 spiro atoms. The molecule has 9 heteroatoms. The highest BCUT2D eigenvalue weighted by Gasteiger charge is 2.30. The first-order valence-corrected chi connectivity index (χ1v) is 10.7. The molecular formula is C20H23F3N2O3S. The highest BCUT2D eigenvalue weighted by Crippen LogP contribution is 2.31. The van der Waals surface area contributed by atoms with Gasteiger partial charge in [0.2, 0.25) is 0 Å². The molecule has 2 aromatic carbocycles. The number of benzene rings is 2. The van der Waals surface area contributed by atoms with Gasteiger partial charge in [-0.1, -0.05) is 26.0 Å². The quantitative estimate of drug-likeness (QED) is 0.659. The van der Waals surface area contributed by atoms with E-state index in [1.165, 1.54) is 30.3 Å². The van der Waals surface area contributed by atoms with Gasteiger partial charge in [0.05, 0.1) is 10.5 Å². The summed E-state index contributed by atoms with van der Waals surface area (Å²) in [4.78, 5) is 14.1. The molecule has 0 aromatic heterocycles. The van der Waals surface area contributed by atoms with Crippen LogP contribution in [0, 0.1) is 0 Å². The van der Waals surface area contributed by atoms with Crippen molar-refractivity contribution in [3.05, 3.63) is 59.7 Å². The van der Waals surface area contributed by atoms with E-state index in [0.717, 1.165) is 31.0 Å². The first-order valence-electron chi connectivity index (χ1n) is 9.18. The van der Waals surface area contributed by atoms with E-state index in [1.54, 1.807) is 4.90 Å². The molecule has 158 valence electrons. The van der Waals surface area contributed by atoms with E-state index in [4.69, 9.17) is 0 Å². The lowest BCUT2D eigenvalue weighted by atomic mass is 10.2. The molecule has 1 amide bonds. The highest BCUT2D eigenvalue weighted by molar-refractivity contribution is 7.92. The van der Waals surface area contributed by atoms with Gasteiger partial charge in [0.25, 0.3) is 15.9 Å². The van der Waals surface area contributed by atoms with Gasteiger partial charge in [0, 0.05) is 24.3 Å². The number of alkyl halides is 3. The zero-order valence-electron chi connectivity index (χ0n) is 16.2. The van der Waals surface area contributed by atoms with Gasteiger partial charge in [-0.25, -0.2) is 8.42 Å². The molecule has 0 fully saturated rings. The maximum absolute atomic E-state index is 12.8. The minimum atomic E-state index is -4.59. The minimum Gasteiger partial charge on any atom is -0.339 e. The molecule has 0 bridgehead atoms. The summed E-state index contributed by atoms with van der Waals surface area (Å²) in [5.74, 6) is -0.287. The number of nitrogens with zero attached hydrogens (tertiary/aromatic N) is 1. The second kappa shape index (κ2) is 9.30. The summed E-state index contributed by atoms with van der Waals surface area (Å²) in [6.45, 7) is 4.98. The van der Waals surface area contributed by atoms with Crippen LogP contribution in [0.4, 0.5) is 18.9 Å². The van der Waals surface area contributed by atoms with Crippen LogP contribution in [0.2, 0.25) is 0 Å². The zero-order valence-corrected chi connectivity index (χ0v) is 17.0. The third-order valence-corrected chi connectivity index (χ3v) is 5.49. The lowest BCUT2D eigenvalue weighted by Gasteiger charge is -2.21. The van der Waals surface area contributed by atoms with Crippen LogP contribution in [0.1, 0.15) is 42.6 Å². The fourth-order valence-corrected chi connectivity index (χ4v) is 3.90. The third-order valence-electron chi connectivity index (χ3n) is 4.11. The maximum Gasteiger partial charge on any atom is 0.416 e. The van der Waals surface area contributed by atoms with E-state index in [1.807, 2.05) is 13.8 Å². The van der Waals surface area contributed by atoms with E-state index in [9.17, 15) is 26.4 Å². The SMILES string of the molecule is CCCN(CCC)C(=O)c1cccc(S(=O)(=O)Nc2cccc(C(F)(F)F)c2)c1. The first kappa shape index (κ1) is 22.7. The summed E-state index contributed by atoms with van der Waals surface area (Å²) < 4.78 is 66.0. The summed E-state index contributed by atoms with van der Waals surface area (Å²) >= 11 is 0. The number of rotatable bonds is 8. The fourth-order valence-electron chi connectivity index (χ4n) is 2.81. The zero-order chi connectivity index (χ0) is 21.7. The van der Waals surface area contributed by atoms with Crippen LogP contribution >= 0.6 is 0 Å². The van der Waals surface area contributed by atoms with Gasteiger partial charge < -0.3 is 4.90 Å². The number of hydrogen-bond donors (Lipinski definition) is 1. The number of halogens is 3. The molecule has 0 radical (unpaired) electrons. The normalized spacial score (nSPS) is 11.9. The summed E-state index contributed by atoms with van der Waals surface area (Å²) in [6, 6.07) is 9.39. The first-order chi connectivity index (χ1) is 13.6. The van der Waals surface area contributed by atoms with Crippen LogP contribution < -0.4 is 4.72 Å². The Morgan fingerprint density at radius 3 is 2.21 bits per heavy atom. The molecule has 2 aromatic rings. The standard InChI is InChI=1S/C20H23F3N2O3S/c1-3-11-25(12-4-2)19(26)15-7-5-10-18(13-15)29(27,28)24-17-9-6-8-16(14-17)20(21,22)23/h5-10,13-14,24H,3-4,11-12H2,1-2H3. The highest BCUT2D eigenvalue weighted by atomic mass is 32.2. The van der Waals surface area contributed by atoms with Crippen LogP contribution in [-0.4, -0.2) is 32.3 Å². The van der Waals surface area contributed by atoms with Crippen molar-refractivity contribution in [2.24, 2.45) is 0 Å². The van der Waals surface area contributed by atoms with Crippen LogP contribution in [0.3, 0.4) is 0 Å². The van der Waals surface area contributed by atoms with Crippen molar-refractivity contribution >= 4 is 21.6 Å². The van der Waals surface area contributed by atoms with Gasteiger partial charge >= 0.3 is 6.18 Å². The third kappa shape index (κ3) is 5.96. The molecule has 0 saturated carbocycles. The molecule has 0 aliphatic heterocycles. The van der Waals surface area contributed by atoms with Crippen LogP contribution in [-0.2, 0) is 16.2 Å². The lowest BCUT2D eigenvalue weighted by molar-refractivity contribution is -0.137. The average molecular weight is 428 g/mol. The van der Waals surface area contributed by atoms with Gasteiger partial charge in [-0.3, -0.25) is 9.52 Å². The Kier molecular flexibility index (Phi) is 7.29. The Labute approximate surface area is 168 Å². The predicted molar refractivity (Wildman–Crippen MR) is 105 cm³/mol.